The summed E-state index contributed by atoms with van der Waals surface area (Å²) in [5.41, 5.74) is 2.56. The number of rotatable bonds is 5. The lowest BCUT2D eigenvalue weighted by atomic mass is 10.0. The number of aryl methyl sites for hydroxylation is 1. The molecule has 1 amide bonds. The lowest BCUT2D eigenvalue weighted by Gasteiger charge is -2.25. The SMILES string of the molecule is CCc1n[nH]c2ccc3nc(NC(=O)C(C)(C)Nc4cccc(O)c4)sc3c12. The summed E-state index contributed by atoms with van der Waals surface area (Å²) in [4.78, 5) is 17.4. The number of nitrogens with zero attached hydrogens (tertiary/aromatic N) is 2. The molecule has 28 heavy (non-hydrogen) atoms. The maximum absolute atomic E-state index is 12.8. The average Bonchev–Trinajstić information content (AvgIpc) is 3.23. The first-order valence-electron chi connectivity index (χ1n) is 9.02. The third-order valence-electron chi connectivity index (χ3n) is 4.58. The first-order chi connectivity index (χ1) is 13.4. The van der Waals surface area contributed by atoms with Crippen LogP contribution in [0.3, 0.4) is 0 Å². The lowest BCUT2D eigenvalue weighted by molar-refractivity contribution is -0.119. The summed E-state index contributed by atoms with van der Waals surface area (Å²) in [5.74, 6) is -0.0720. The highest BCUT2D eigenvalue weighted by Crippen LogP contribution is 2.34. The molecule has 7 nitrogen and oxygen atoms in total. The second-order valence-electron chi connectivity index (χ2n) is 7.13. The van der Waals surface area contributed by atoms with Crippen molar-refractivity contribution in [3.63, 3.8) is 0 Å². The molecular formula is C20H21N5O2S. The largest absolute Gasteiger partial charge is 0.508 e. The monoisotopic (exact) mass is 395 g/mol. The molecule has 8 heteroatoms. The number of aromatic amines is 1. The number of carbonyl (C=O) groups excluding carboxylic acids is 1. The Morgan fingerprint density at radius 2 is 2.11 bits per heavy atom. The molecule has 0 aliphatic carbocycles. The number of nitrogens with one attached hydrogen (secondary N) is 3. The summed E-state index contributed by atoms with van der Waals surface area (Å²) in [7, 11) is 0. The molecule has 4 N–H and O–H groups in total. The van der Waals surface area contributed by atoms with Crippen molar-refractivity contribution in [2.45, 2.75) is 32.7 Å². The van der Waals surface area contributed by atoms with Crippen LogP contribution in [-0.2, 0) is 11.2 Å². The minimum Gasteiger partial charge on any atom is -0.508 e. The Bertz CT molecular complexity index is 1180. The van der Waals surface area contributed by atoms with Gasteiger partial charge in [0.1, 0.15) is 11.3 Å². The van der Waals surface area contributed by atoms with Gasteiger partial charge in [-0.1, -0.05) is 24.3 Å². The third kappa shape index (κ3) is 3.27. The van der Waals surface area contributed by atoms with Crippen molar-refractivity contribution in [3.05, 3.63) is 42.1 Å². The smallest absolute Gasteiger partial charge is 0.251 e. The molecule has 0 bridgehead atoms. The van der Waals surface area contributed by atoms with Gasteiger partial charge in [-0.15, -0.1) is 0 Å². The fourth-order valence-corrected chi connectivity index (χ4v) is 4.15. The molecule has 0 spiro atoms. The number of anilines is 2. The Morgan fingerprint density at radius 3 is 2.86 bits per heavy atom. The van der Waals surface area contributed by atoms with Gasteiger partial charge in [0.25, 0.3) is 5.91 Å². The second-order valence-corrected chi connectivity index (χ2v) is 8.13. The predicted molar refractivity (Wildman–Crippen MR) is 113 cm³/mol. The van der Waals surface area contributed by atoms with Crippen LogP contribution in [0.1, 0.15) is 26.5 Å². The van der Waals surface area contributed by atoms with Crippen LogP contribution in [0.15, 0.2) is 36.4 Å². The Hall–Kier alpha value is -3.13. The van der Waals surface area contributed by atoms with E-state index in [9.17, 15) is 9.90 Å². The van der Waals surface area contributed by atoms with Crippen molar-refractivity contribution in [3.8, 4) is 5.75 Å². The van der Waals surface area contributed by atoms with Gasteiger partial charge >= 0.3 is 0 Å². The number of phenols is 1. The van der Waals surface area contributed by atoms with Gasteiger partial charge in [0.05, 0.1) is 21.4 Å². The van der Waals surface area contributed by atoms with Crippen molar-refractivity contribution >= 4 is 49.2 Å². The van der Waals surface area contributed by atoms with Gasteiger partial charge in [-0.2, -0.15) is 5.10 Å². The lowest BCUT2D eigenvalue weighted by Crippen LogP contribution is -2.44. The molecule has 0 saturated carbocycles. The Balaban J connectivity index is 1.61. The van der Waals surface area contributed by atoms with E-state index in [1.54, 1.807) is 38.1 Å². The highest BCUT2D eigenvalue weighted by atomic mass is 32.1. The first kappa shape index (κ1) is 18.2. The molecule has 0 aliphatic rings. The fraction of sp³-hybridized carbons (Fsp3) is 0.250. The van der Waals surface area contributed by atoms with Crippen LogP contribution in [0.2, 0.25) is 0 Å². The quantitative estimate of drug-likeness (QED) is 0.404. The number of fused-ring (bicyclic) bond motifs is 3. The zero-order chi connectivity index (χ0) is 19.9. The molecule has 144 valence electrons. The molecule has 2 heterocycles. The molecule has 0 unspecified atom stereocenters. The molecule has 0 atom stereocenters. The van der Waals surface area contributed by atoms with E-state index >= 15 is 0 Å². The number of amides is 1. The topological polar surface area (TPSA) is 103 Å². The summed E-state index contributed by atoms with van der Waals surface area (Å²) in [6, 6.07) is 10.6. The molecule has 2 aromatic carbocycles. The van der Waals surface area contributed by atoms with Crippen LogP contribution in [-0.4, -0.2) is 31.7 Å². The summed E-state index contributed by atoms with van der Waals surface area (Å²) in [6.07, 6.45) is 0.819. The highest BCUT2D eigenvalue weighted by Gasteiger charge is 2.28. The van der Waals surface area contributed by atoms with Crippen LogP contribution in [0.25, 0.3) is 21.1 Å². The number of aromatic hydroxyl groups is 1. The normalized spacial score (nSPS) is 11.8. The van der Waals surface area contributed by atoms with E-state index in [-0.39, 0.29) is 11.7 Å². The van der Waals surface area contributed by atoms with E-state index < -0.39 is 5.54 Å². The Labute approximate surface area is 165 Å². The molecule has 0 aliphatic heterocycles. The molecule has 0 fully saturated rings. The van der Waals surface area contributed by atoms with Crippen molar-refractivity contribution in [1.29, 1.82) is 0 Å². The number of H-pyrrole nitrogens is 1. The maximum atomic E-state index is 12.8. The predicted octanol–water partition coefficient (Wildman–Crippen LogP) is 4.27. The first-order valence-corrected chi connectivity index (χ1v) is 9.84. The van der Waals surface area contributed by atoms with E-state index in [1.165, 1.54) is 11.3 Å². The summed E-state index contributed by atoms with van der Waals surface area (Å²) in [5, 5.41) is 24.7. The van der Waals surface area contributed by atoms with Crippen LogP contribution in [0, 0.1) is 0 Å². The molecule has 4 aromatic rings. The van der Waals surface area contributed by atoms with E-state index in [1.807, 2.05) is 12.1 Å². The van der Waals surface area contributed by atoms with E-state index in [0.717, 1.165) is 33.2 Å². The molecule has 0 saturated heterocycles. The van der Waals surface area contributed by atoms with Crippen molar-refractivity contribution < 1.29 is 9.90 Å². The third-order valence-corrected chi connectivity index (χ3v) is 5.59. The fourth-order valence-electron chi connectivity index (χ4n) is 3.12. The van der Waals surface area contributed by atoms with E-state index in [4.69, 9.17) is 0 Å². The number of hydrogen-bond acceptors (Lipinski definition) is 6. The van der Waals surface area contributed by atoms with Gasteiger partial charge in [0.2, 0.25) is 0 Å². The van der Waals surface area contributed by atoms with E-state index in [2.05, 4.69) is 32.7 Å². The van der Waals surface area contributed by atoms with Crippen LogP contribution >= 0.6 is 11.3 Å². The number of phenolic OH excluding ortho intramolecular Hbond substituents is 1. The van der Waals surface area contributed by atoms with Gasteiger partial charge in [-0.25, -0.2) is 4.98 Å². The summed E-state index contributed by atoms with van der Waals surface area (Å²) in [6.45, 7) is 5.63. The number of carbonyl (C=O) groups is 1. The van der Waals surface area contributed by atoms with Gasteiger partial charge in [0.15, 0.2) is 5.13 Å². The number of hydrogen-bond donors (Lipinski definition) is 4. The standard InChI is InChI=1S/C20H21N5O2S/c1-4-13-16-14(25-24-13)8-9-15-17(16)28-19(21-15)22-18(27)20(2,3)23-11-6-5-7-12(26)10-11/h5-10,23,26H,4H2,1-3H3,(H,24,25)(H,21,22,27). The number of thiazole rings is 1. The maximum Gasteiger partial charge on any atom is 0.251 e. The van der Waals surface area contributed by atoms with Crippen molar-refractivity contribution in [2.24, 2.45) is 0 Å². The Morgan fingerprint density at radius 1 is 1.29 bits per heavy atom. The van der Waals surface area contributed by atoms with Crippen LogP contribution in [0.5, 0.6) is 5.75 Å². The summed E-state index contributed by atoms with van der Waals surface area (Å²) >= 11 is 1.44. The minimum absolute atomic E-state index is 0.142. The van der Waals surface area contributed by atoms with E-state index in [0.29, 0.717) is 10.8 Å². The average molecular weight is 395 g/mol. The second kappa shape index (κ2) is 6.79. The Kier molecular flexibility index (Phi) is 4.43. The molecular weight excluding hydrogens is 374 g/mol. The molecule has 2 aromatic heterocycles. The zero-order valence-corrected chi connectivity index (χ0v) is 16.6. The van der Waals surface area contributed by atoms with Crippen LogP contribution < -0.4 is 10.6 Å². The zero-order valence-electron chi connectivity index (χ0n) is 15.8. The van der Waals surface area contributed by atoms with Gasteiger partial charge in [-0.05, 0) is 44.5 Å². The van der Waals surface area contributed by atoms with Crippen molar-refractivity contribution in [1.82, 2.24) is 15.2 Å². The van der Waals surface area contributed by atoms with Gasteiger partial charge < -0.3 is 10.4 Å². The van der Waals surface area contributed by atoms with Crippen LogP contribution in [0.4, 0.5) is 10.8 Å². The van der Waals surface area contributed by atoms with Gasteiger partial charge in [0, 0.05) is 17.1 Å². The minimum atomic E-state index is -0.898. The number of aromatic nitrogens is 3. The molecule has 0 radical (unpaired) electrons. The molecule has 4 rings (SSSR count). The highest BCUT2D eigenvalue weighted by molar-refractivity contribution is 7.23. The summed E-state index contributed by atoms with van der Waals surface area (Å²) < 4.78 is 1.01. The van der Waals surface area contributed by atoms with Crippen molar-refractivity contribution in [2.75, 3.05) is 10.6 Å². The van der Waals surface area contributed by atoms with Gasteiger partial charge in [-0.3, -0.25) is 15.2 Å². The number of benzene rings is 2.